The van der Waals surface area contributed by atoms with Gasteiger partial charge in [-0.25, -0.2) is 4.79 Å². The van der Waals surface area contributed by atoms with Crippen LogP contribution in [0.5, 0.6) is 0 Å². The average molecular weight is 171 g/mol. The molecule has 0 spiro atoms. The number of rotatable bonds is 0. The van der Waals surface area contributed by atoms with E-state index in [1.807, 2.05) is 0 Å². The highest BCUT2D eigenvalue weighted by Gasteiger charge is 2.32. The van der Waals surface area contributed by atoms with E-state index < -0.39 is 0 Å². The van der Waals surface area contributed by atoms with Gasteiger partial charge in [-0.1, -0.05) is 0 Å². The van der Waals surface area contributed by atoms with E-state index in [9.17, 15) is 4.79 Å². The molecule has 0 bridgehead atoms. The third-order valence-electron chi connectivity index (χ3n) is 2.48. The van der Waals surface area contributed by atoms with Crippen molar-refractivity contribution in [1.82, 2.24) is 9.80 Å². The van der Waals surface area contributed by atoms with Crippen LogP contribution >= 0.6 is 0 Å². The van der Waals surface area contributed by atoms with Gasteiger partial charge in [0, 0.05) is 19.6 Å². The number of nitrogens with two attached hydrogens (primary N) is 1. The summed E-state index contributed by atoms with van der Waals surface area (Å²) in [6.07, 6.45) is 0. The average Bonchev–Trinajstić information content (AvgIpc) is 2.49. The van der Waals surface area contributed by atoms with Crippen LogP contribution in [0.25, 0.3) is 0 Å². The topological polar surface area (TPSA) is 58.8 Å². The van der Waals surface area contributed by atoms with E-state index in [-0.39, 0.29) is 6.03 Å². The molecule has 1 atom stereocenters. The number of hydrogen-bond acceptors (Lipinski definition) is 3. The van der Waals surface area contributed by atoms with Crippen LogP contribution in [-0.4, -0.2) is 54.8 Å². The molecule has 2 aliphatic heterocycles. The Morgan fingerprint density at radius 2 is 2.33 bits per heavy atom. The molecule has 2 rings (SSSR count). The lowest BCUT2D eigenvalue weighted by molar-refractivity contribution is 0.104. The molecular weight excluding hydrogens is 158 g/mol. The monoisotopic (exact) mass is 171 g/mol. The minimum Gasteiger partial charge on any atom is -0.364 e. The van der Waals surface area contributed by atoms with Gasteiger partial charge in [0.2, 0.25) is 0 Å². The molecule has 5 heteroatoms. The fourth-order valence-electron chi connectivity index (χ4n) is 1.73. The summed E-state index contributed by atoms with van der Waals surface area (Å²) >= 11 is 0. The van der Waals surface area contributed by atoms with E-state index in [1.54, 1.807) is 4.90 Å². The summed E-state index contributed by atoms with van der Waals surface area (Å²) in [7, 11) is 0. The van der Waals surface area contributed by atoms with Crippen molar-refractivity contribution in [1.29, 1.82) is 0 Å². The first-order chi connectivity index (χ1) is 5.77. The van der Waals surface area contributed by atoms with Crippen molar-refractivity contribution in [3.63, 3.8) is 0 Å². The van der Waals surface area contributed by atoms with Gasteiger partial charge in [-0.3, -0.25) is 4.90 Å². The number of carbonyl (C=O) groups excluding carboxylic acids is 1. The van der Waals surface area contributed by atoms with Crippen LogP contribution in [0.15, 0.2) is 0 Å². The lowest BCUT2D eigenvalue weighted by Crippen LogP contribution is -2.54. The molecule has 2 heterocycles. The lowest BCUT2D eigenvalue weighted by atomic mass is 10.2. The highest BCUT2D eigenvalue weighted by Crippen LogP contribution is 2.14. The number of nitrogens with zero attached hydrogens (tertiary/aromatic N) is 2. The molecule has 2 N–H and O–H groups in total. The summed E-state index contributed by atoms with van der Waals surface area (Å²) < 4.78 is 5.27. The zero-order valence-corrected chi connectivity index (χ0v) is 6.90. The van der Waals surface area contributed by atoms with Crippen LogP contribution in [0.4, 0.5) is 4.79 Å². The number of piperazine rings is 1. The van der Waals surface area contributed by atoms with Gasteiger partial charge in [0.25, 0.3) is 0 Å². The predicted octanol–water partition coefficient (Wildman–Crippen LogP) is -0.961. The largest absolute Gasteiger partial charge is 0.364 e. The molecule has 0 aromatic heterocycles. The van der Waals surface area contributed by atoms with Gasteiger partial charge in [-0.05, 0) is 0 Å². The quantitative estimate of drug-likeness (QED) is 0.510. The van der Waals surface area contributed by atoms with Gasteiger partial charge in [-0.2, -0.15) is 0 Å². The number of primary amides is 1. The lowest BCUT2D eigenvalue weighted by Gasteiger charge is -2.34. The van der Waals surface area contributed by atoms with Crippen LogP contribution in [0, 0.1) is 0 Å². The van der Waals surface area contributed by atoms with E-state index in [4.69, 9.17) is 10.5 Å². The van der Waals surface area contributed by atoms with E-state index in [1.165, 1.54) is 0 Å². The Morgan fingerprint density at radius 1 is 1.50 bits per heavy atom. The molecule has 1 unspecified atom stereocenters. The number of hydrogen-bond donors (Lipinski definition) is 1. The molecule has 2 saturated heterocycles. The van der Waals surface area contributed by atoms with Crippen LogP contribution < -0.4 is 5.73 Å². The molecule has 0 aromatic carbocycles. The molecule has 0 aromatic rings. The smallest absolute Gasteiger partial charge is 0.314 e. The Bertz CT molecular complexity index is 197. The first-order valence-electron chi connectivity index (χ1n) is 4.13. The Kier molecular flexibility index (Phi) is 1.90. The highest BCUT2D eigenvalue weighted by molar-refractivity contribution is 5.72. The van der Waals surface area contributed by atoms with E-state index >= 15 is 0 Å². The Morgan fingerprint density at radius 3 is 3.08 bits per heavy atom. The third-order valence-corrected chi connectivity index (χ3v) is 2.48. The standard InChI is InChI=1S/C7H13N3O2/c8-7(11)9-1-2-10-5-12-4-6(10)3-9/h6H,1-5H2,(H2,8,11). The van der Waals surface area contributed by atoms with Crippen molar-refractivity contribution in [2.75, 3.05) is 33.0 Å². The normalized spacial score (nSPS) is 30.3. The molecule has 0 radical (unpaired) electrons. The van der Waals surface area contributed by atoms with Crippen LogP contribution in [-0.2, 0) is 4.74 Å². The fraction of sp³-hybridized carbons (Fsp3) is 0.857. The second-order valence-corrected chi connectivity index (χ2v) is 3.25. The van der Waals surface area contributed by atoms with Crippen molar-refractivity contribution in [3.05, 3.63) is 0 Å². The number of ether oxygens (including phenoxy) is 1. The second kappa shape index (κ2) is 2.91. The zero-order chi connectivity index (χ0) is 8.55. The molecule has 2 amide bonds. The summed E-state index contributed by atoms with van der Waals surface area (Å²) in [6.45, 7) is 3.76. The summed E-state index contributed by atoms with van der Waals surface area (Å²) in [5.41, 5.74) is 5.18. The van der Waals surface area contributed by atoms with Crippen molar-refractivity contribution in [3.8, 4) is 0 Å². The third kappa shape index (κ3) is 1.25. The van der Waals surface area contributed by atoms with Gasteiger partial charge < -0.3 is 15.4 Å². The maximum atomic E-state index is 10.8. The van der Waals surface area contributed by atoms with Crippen LogP contribution in [0.2, 0.25) is 0 Å². The first-order valence-corrected chi connectivity index (χ1v) is 4.13. The van der Waals surface area contributed by atoms with Crippen molar-refractivity contribution in [2.45, 2.75) is 6.04 Å². The number of carbonyl (C=O) groups is 1. The maximum Gasteiger partial charge on any atom is 0.314 e. The van der Waals surface area contributed by atoms with Crippen molar-refractivity contribution < 1.29 is 9.53 Å². The van der Waals surface area contributed by atoms with E-state index in [0.717, 1.165) is 26.2 Å². The summed E-state index contributed by atoms with van der Waals surface area (Å²) in [5.74, 6) is 0. The fourth-order valence-corrected chi connectivity index (χ4v) is 1.73. The minimum absolute atomic E-state index is 0.318. The molecule has 68 valence electrons. The molecule has 0 aliphatic carbocycles. The molecule has 0 saturated carbocycles. The van der Waals surface area contributed by atoms with Crippen molar-refractivity contribution in [2.24, 2.45) is 5.73 Å². The van der Waals surface area contributed by atoms with Gasteiger partial charge in [0.15, 0.2) is 0 Å². The second-order valence-electron chi connectivity index (χ2n) is 3.25. The number of urea groups is 1. The van der Waals surface area contributed by atoms with Gasteiger partial charge >= 0.3 is 6.03 Å². The van der Waals surface area contributed by atoms with E-state index in [0.29, 0.717) is 12.8 Å². The number of fused-ring (bicyclic) bond motifs is 1. The van der Waals surface area contributed by atoms with Gasteiger partial charge in [0.05, 0.1) is 19.4 Å². The van der Waals surface area contributed by atoms with Crippen LogP contribution in [0.3, 0.4) is 0 Å². The minimum atomic E-state index is -0.318. The van der Waals surface area contributed by atoms with Crippen LogP contribution in [0.1, 0.15) is 0 Å². The Labute approximate surface area is 71.1 Å². The first kappa shape index (κ1) is 7.82. The molecule has 5 nitrogen and oxygen atoms in total. The predicted molar refractivity (Wildman–Crippen MR) is 42.5 cm³/mol. The molecule has 2 fully saturated rings. The molecular formula is C7H13N3O2. The summed E-state index contributed by atoms with van der Waals surface area (Å²) in [4.78, 5) is 14.7. The Balaban J connectivity index is 1.96. The maximum absolute atomic E-state index is 10.8. The summed E-state index contributed by atoms with van der Waals surface area (Å²) in [6, 6.07) is 0.0489. The van der Waals surface area contributed by atoms with E-state index in [2.05, 4.69) is 4.90 Å². The molecule has 2 aliphatic rings. The number of amides is 2. The van der Waals surface area contributed by atoms with Gasteiger partial charge in [-0.15, -0.1) is 0 Å². The Hall–Kier alpha value is -0.810. The molecule has 12 heavy (non-hydrogen) atoms. The van der Waals surface area contributed by atoms with Gasteiger partial charge in [0.1, 0.15) is 0 Å². The highest BCUT2D eigenvalue weighted by atomic mass is 16.5. The summed E-state index contributed by atoms with van der Waals surface area (Å²) in [5, 5.41) is 0. The van der Waals surface area contributed by atoms with Crippen molar-refractivity contribution >= 4 is 6.03 Å². The zero-order valence-electron chi connectivity index (χ0n) is 6.90. The SMILES string of the molecule is NC(=O)N1CCN2COCC2C1.